The summed E-state index contributed by atoms with van der Waals surface area (Å²) in [6.45, 7) is 7.04. The molecule has 1 aromatic carbocycles. The van der Waals surface area contributed by atoms with Crippen molar-refractivity contribution in [3.8, 4) is 0 Å². The Kier molecular flexibility index (Phi) is 5.82. The van der Waals surface area contributed by atoms with Crippen molar-refractivity contribution < 1.29 is 9.59 Å². The average molecular weight is 458 g/mol. The fraction of sp³-hybridized carbons (Fsp3) is 0.158. The van der Waals surface area contributed by atoms with Gasteiger partial charge in [-0.1, -0.05) is 46.4 Å². The van der Waals surface area contributed by atoms with Crippen molar-refractivity contribution in [3.05, 3.63) is 70.1 Å². The number of anilines is 1. The minimum atomic E-state index is -1.28. The van der Waals surface area contributed by atoms with Crippen LogP contribution in [-0.2, 0) is 4.79 Å². The molecule has 1 aromatic rings. The third-order valence-electron chi connectivity index (χ3n) is 4.33. The highest BCUT2D eigenvalue weighted by molar-refractivity contribution is 6.53. The van der Waals surface area contributed by atoms with E-state index in [1.807, 2.05) is 0 Å². The van der Waals surface area contributed by atoms with Crippen LogP contribution in [0.4, 0.5) is 5.69 Å². The smallest absolute Gasteiger partial charge is 0.272 e. The normalized spacial score (nSPS) is 22.4. The lowest BCUT2D eigenvalue weighted by Crippen LogP contribution is -2.20. The summed E-state index contributed by atoms with van der Waals surface area (Å²) in [5.41, 5.74) is 4.12. The first kappa shape index (κ1) is 20.8. The summed E-state index contributed by atoms with van der Waals surface area (Å²) in [6, 6.07) is 4.48. The van der Waals surface area contributed by atoms with Crippen molar-refractivity contribution in [1.29, 1.82) is 0 Å². The SMILES string of the molecule is C=NNC(=O)c1cc(NC(=O)C2C(C3=CC(=C)[CH+]C(Cl)=C3)C2(Cl)Cl)ccc1Cl. The Morgan fingerprint density at radius 1 is 1.21 bits per heavy atom. The lowest BCUT2D eigenvalue weighted by molar-refractivity contribution is -0.117. The van der Waals surface area contributed by atoms with Crippen LogP contribution in [0.25, 0.3) is 0 Å². The molecule has 3 rings (SSSR count). The average Bonchev–Trinajstić information content (AvgIpc) is 3.18. The van der Waals surface area contributed by atoms with Crippen LogP contribution < -0.4 is 10.7 Å². The van der Waals surface area contributed by atoms with E-state index in [-0.39, 0.29) is 10.6 Å². The van der Waals surface area contributed by atoms with Gasteiger partial charge < -0.3 is 5.32 Å². The van der Waals surface area contributed by atoms with Crippen LogP contribution in [0.2, 0.25) is 5.02 Å². The van der Waals surface area contributed by atoms with Crippen molar-refractivity contribution >= 4 is 70.6 Å². The number of hydrogen-bond donors (Lipinski definition) is 2. The first-order valence-electron chi connectivity index (χ1n) is 8.02. The van der Waals surface area contributed by atoms with Gasteiger partial charge in [0.15, 0.2) is 0 Å². The van der Waals surface area contributed by atoms with E-state index >= 15 is 0 Å². The number of amides is 2. The molecule has 0 aromatic heterocycles. The number of benzene rings is 1. The van der Waals surface area contributed by atoms with Gasteiger partial charge in [-0.25, -0.2) is 5.43 Å². The predicted octanol–water partition coefficient (Wildman–Crippen LogP) is 4.87. The largest absolute Gasteiger partial charge is 0.326 e. The van der Waals surface area contributed by atoms with Gasteiger partial charge in [-0.15, -0.1) is 0 Å². The summed E-state index contributed by atoms with van der Waals surface area (Å²) in [6.07, 6.45) is 5.20. The van der Waals surface area contributed by atoms with Gasteiger partial charge in [0.05, 0.1) is 28.0 Å². The van der Waals surface area contributed by atoms with Gasteiger partial charge in [-0.3, -0.25) is 9.59 Å². The molecule has 2 aliphatic rings. The molecule has 0 aliphatic heterocycles. The zero-order chi connectivity index (χ0) is 20.6. The second-order valence-electron chi connectivity index (χ2n) is 6.31. The quantitative estimate of drug-likeness (QED) is 0.286. The van der Waals surface area contributed by atoms with Gasteiger partial charge in [-0.2, -0.15) is 5.10 Å². The summed E-state index contributed by atoms with van der Waals surface area (Å²) in [7, 11) is 0. The topological polar surface area (TPSA) is 70.6 Å². The molecule has 2 amide bonds. The molecule has 2 atom stereocenters. The molecule has 144 valence electrons. The molecule has 1 fully saturated rings. The minimum Gasteiger partial charge on any atom is -0.326 e. The van der Waals surface area contributed by atoms with Gasteiger partial charge in [0, 0.05) is 36.6 Å². The number of hydrazone groups is 1. The van der Waals surface area contributed by atoms with Crippen LogP contribution in [-0.4, -0.2) is 22.9 Å². The number of alkyl halides is 2. The molecule has 9 heteroatoms. The molecule has 2 N–H and O–H groups in total. The third kappa shape index (κ3) is 4.08. The monoisotopic (exact) mass is 456 g/mol. The summed E-state index contributed by atoms with van der Waals surface area (Å²) in [4.78, 5) is 24.7. The van der Waals surface area contributed by atoms with Crippen LogP contribution in [0.15, 0.2) is 58.2 Å². The Morgan fingerprint density at radius 3 is 2.57 bits per heavy atom. The maximum absolute atomic E-state index is 12.7. The Hall–Kier alpha value is -1.92. The van der Waals surface area contributed by atoms with E-state index in [1.54, 1.807) is 24.6 Å². The molecule has 0 bridgehead atoms. The number of carbonyl (C=O) groups excluding carboxylic acids is 2. The molecule has 28 heavy (non-hydrogen) atoms. The molecular formula is C19H14Cl4N3O2+. The van der Waals surface area contributed by atoms with Crippen molar-refractivity contribution in [1.82, 2.24) is 5.43 Å². The Morgan fingerprint density at radius 2 is 1.93 bits per heavy atom. The first-order valence-corrected chi connectivity index (χ1v) is 9.53. The molecule has 0 heterocycles. The number of rotatable bonds is 5. The Balaban J connectivity index is 1.79. The molecule has 1 saturated carbocycles. The van der Waals surface area contributed by atoms with Crippen molar-refractivity contribution in [2.75, 3.05) is 5.32 Å². The van der Waals surface area contributed by atoms with E-state index in [2.05, 4.69) is 29.1 Å². The first-order chi connectivity index (χ1) is 13.1. The van der Waals surface area contributed by atoms with Crippen molar-refractivity contribution in [2.24, 2.45) is 16.9 Å². The zero-order valence-corrected chi connectivity index (χ0v) is 17.3. The maximum atomic E-state index is 12.7. The second kappa shape index (κ2) is 7.84. The molecule has 2 aliphatic carbocycles. The van der Waals surface area contributed by atoms with Crippen molar-refractivity contribution in [2.45, 2.75) is 4.33 Å². The fourth-order valence-electron chi connectivity index (χ4n) is 3.05. The Labute approximate surface area is 182 Å². The highest BCUT2D eigenvalue weighted by Gasteiger charge is 2.69. The minimum absolute atomic E-state index is 0.138. The predicted molar refractivity (Wildman–Crippen MR) is 114 cm³/mol. The molecule has 2 unspecified atom stereocenters. The van der Waals surface area contributed by atoms with Gasteiger partial charge in [0.1, 0.15) is 9.37 Å². The van der Waals surface area contributed by atoms with Crippen LogP contribution in [0.1, 0.15) is 10.4 Å². The number of nitrogens with zero attached hydrogens (tertiary/aromatic N) is 1. The van der Waals surface area contributed by atoms with E-state index in [0.29, 0.717) is 16.3 Å². The van der Waals surface area contributed by atoms with E-state index < -0.39 is 28.0 Å². The van der Waals surface area contributed by atoms with E-state index in [1.165, 1.54) is 12.1 Å². The maximum Gasteiger partial charge on any atom is 0.272 e. The van der Waals surface area contributed by atoms with Crippen LogP contribution in [0.5, 0.6) is 0 Å². The van der Waals surface area contributed by atoms with Crippen LogP contribution in [0.3, 0.4) is 0 Å². The van der Waals surface area contributed by atoms with Gasteiger partial charge in [0.2, 0.25) is 5.91 Å². The number of nitrogens with one attached hydrogen (secondary N) is 2. The van der Waals surface area contributed by atoms with Gasteiger partial charge in [0.25, 0.3) is 5.91 Å². The highest BCUT2D eigenvalue weighted by Crippen LogP contribution is 2.63. The molecule has 0 spiro atoms. The summed E-state index contributed by atoms with van der Waals surface area (Å²) in [5, 5.41) is 6.72. The standard InChI is InChI=1S/C19H13Cl4N3O2/c1-9-5-10(7-11(20)6-9)15-16(19(15,22)23)18(28)25-12-3-4-14(21)13(8-12)17(27)26-24-2/h3-8,15-16H,1-2H2,(H-,25,26,27,28)/p+1. The van der Waals surface area contributed by atoms with Crippen molar-refractivity contribution in [3.63, 3.8) is 0 Å². The Bertz CT molecular complexity index is 952. The lowest BCUT2D eigenvalue weighted by Gasteiger charge is -2.09. The highest BCUT2D eigenvalue weighted by atomic mass is 35.5. The van der Waals surface area contributed by atoms with E-state index in [9.17, 15) is 9.59 Å². The molecule has 0 radical (unpaired) electrons. The molecule has 5 nitrogen and oxygen atoms in total. The summed E-state index contributed by atoms with van der Waals surface area (Å²) < 4.78 is -1.28. The fourth-order valence-corrected chi connectivity index (χ4v) is 4.35. The lowest BCUT2D eigenvalue weighted by atomic mass is 9.98. The van der Waals surface area contributed by atoms with Gasteiger partial charge in [-0.05, 0) is 24.8 Å². The zero-order valence-electron chi connectivity index (χ0n) is 14.3. The second-order valence-corrected chi connectivity index (χ2v) is 8.59. The number of hydrogen-bond acceptors (Lipinski definition) is 3. The number of halogens is 4. The van der Waals surface area contributed by atoms with Gasteiger partial charge >= 0.3 is 0 Å². The third-order valence-corrected chi connectivity index (χ3v) is 5.82. The van der Waals surface area contributed by atoms with E-state index in [0.717, 1.165) is 5.57 Å². The summed E-state index contributed by atoms with van der Waals surface area (Å²) >= 11 is 24.8. The summed E-state index contributed by atoms with van der Waals surface area (Å²) in [5.74, 6) is -2.07. The molecular weight excluding hydrogens is 444 g/mol. The van der Waals surface area contributed by atoms with E-state index in [4.69, 9.17) is 46.4 Å². The molecule has 0 saturated heterocycles. The number of allylic oxidation sites excluding steroid dienone is 5. The van der Waals surface area contributed by atoms with Crippen LogP contribution >= 0.6 is 46.4 Å². The number of carbonyl (C=O) groups is 2. The van der Waals surface area contributed by atoms with Crippen LogP contribution in [0, 0.1) is 18.3 Å².